The zero-order valence-corrected chi connectivity index (χ0v) is 11.8. The smallest absolute Gasteiger partial charge is 0.289 e. The van der Waals surface area contributed by atoms with Gasteiger partial charge in [-0.1, -0.05) is 0 Å². The first kappa shape index (κ1) is 14.1. The van der Waals surface area contributed by atoms with Crippen LogP contribution in [0.3, 0.4) is 0 Å². The second kappa shape index (κ2) is 6.26. The van der Waals surface area contributed by atoms with E-state index < -0.39 is 0 Å². The van der Waals surface area contributed by atoms with Crippen molar-refractivity contribution in [3.63, 3.8) is 0 Å². The van der Waals surface area contributed by atoms with Crippen LogP contribution in [0.25, 0.3) is 0 Å². The molecule has 22 heavy (non-hydrogen) atoms. The third kappa shape index (κ3) is 2.91. The van der Waals surface area contributed by atoms with Crippen LogP contribution in [0, 0.1) is 11.3 Å². The second-order valence-corrected chi connectivity index (χ2v) is 4.93. The van der Waals surface area contributed by atoms with Gasteiger partial charge in [-0.2, -0.15) is 5.26 Å². The first-order chi connectivity index (χ1) is 10.8. The van der Waals surface area contributed by atoms with E-state index in [0.29, 0.717) is 18.8 Å². The highest BCUT2D eigenvalue weighted by Gasteiger charge is 2.27. The number of nitriles is 1. The van der Waals surface area contributed by atoms with Gasteiger partial charge < -0.3 is 14.1 Å². The van der Waals surface area contributed by atoms with E-state index in [-0.39, 0.29) is 23.6 Å². The molecule has 1 atom stereocenters. The van der Waals surface area contributed by atoms with Crippen LogP contribution < -0.4 is 4.74 Å². The molecule has 2 aromatic rings. The SMILES string of the molecule is N#Cc1nccnc1O[C@H]1CCCN(C(=O)c2ccco2)C1. The Labute approximate surface area is 127 Å². The minimum atomic E-state index is -0.212. The molecule has 0 bridgehead atoms. The third-order valence-electron chi connectivity index (χ3n) is 3.45. The maximum Gasteiger partial charge on any atom is 0.289 e. The first-order valence-corrected chi connectivity index (χ1v) is 6.98. The number of hydrogen-bond acceptors (Lipinski definition) is 6. The fraction of sp³-hybridized carbons (Fsp3) is 0.333. The molecule has 7 nitrogen and oxygen atoms in total. The molecule has 3 heterocycles. The Morgan fingerprint density at radius 1 is 1.45 bits per heavy atom. The van der Waals surface area contributed by atoms with Gasteiger partial charge in [0.25, 0.3) is 11.8 Å². The van der Waals surface area contributed by atoms with Crippen LogP contribution in [0.15, 0.2) is 35.2 Å². The summed E-state index contributed by atoms with van der Waals surface area (Å²) in [5.41, 5.74) is 0.150. The fourth-order valence-corrected chi connectivity index (χ4v) is 2.42. The number of rotatable bonds is 3. The average Bonchev–Trinajstić information content (AvgIpc) is 3.09. The standard InChI is InChI=1S/C15H14N4O3/c16-9-12-14(18-6-5-17-12)22-11-3-1-7-19(10-11)15(20)13-4-2-8-21-13/h2,4-6,8,11H,1,3,7,10H2/t11-/m0/s1. The van der Waals surface area contributed by atoms with Gasteiger partial charge in [0.1, 0.15) is 12.2 Å². The van der Waals surface area contributed by atoms with Crippen molar-refractivity contribution in [2.45, 2.75) is 18.9 Å². The molecule has 2 aromatic heterocycles. The molecule has 3 rings (SSSR count). The second-order valence-electron chi connectivity index (χ2n) is 4.93. The van der Waals surface area contributed by atoms with Gasteiger partial charge in [-0.3, -0.25) is 4.79 Å². The van der Waals surface area contributed by atoms with Crippen LogP contribution in [0.1, 0.15) is 29.1 Å². The van der Waals surface area contributed by atoms with E-state index in [1.165, 1.54) is 18.7 Å². The maximum absolute atomic E-state index is 12.3. The fourth-order valence-electron chi connectivity index (χ4n) is 2.42. The van der Waals surface area contributed by atoms with Crippen LogP contribution in [0.2, 0.25) is 0 Å². The number of aromatic nitrogens is 2. The van der Waals surface area contributed by atoms with Gasteiger partial charge in [-0.15, -0.1) is 0 Å². The lowest BCUT2D eigenvalue weighted by Crippen LogP contribution is -2.44. The quantitative estimate of drug-likeness (QED) is 0.855. The number of carbonyl (C=O) groups excluding carboxylic acids is 1. The molecule has 1 aliphatic rings. The summed E-state index contributed by atoms with van der Waals surface area (Å²) in [4.78, 5) is 21.9. The molecule has 0 N–H and O–H groups in total. The molecule has 0 spiro atoms. The molecular weight excluding hydrogens is 284 g/mol. The molecule has 1 aliphatic heterocycles. The Hall–Kier alpha value is -2.88. The Morgan fingerprint density at radius 3 is 3.09 bits per heavy atom. The Bertz CT molecular complexity index is 693. The van der Waals surface area contributed by atoms with Crippen LogP contribution >= 0.6 is 0 Å². The number of piperidine rings is 1. The van der Waals surface area contributed by atoms with Gasteiger partial charge in [0.15, 0.2) is 5.76 Å². The van der Waals surface area contributed by atoms with E-state index in [9.17, 15) is 4.79 Å². The van der Waals surface area contributed by atoms with Crippen molar-refractivity contribution < 1.29 is 13.9 Å². The van der Waals surface area contributed by atoms with Crippen LogP contribution in [0.4, 0.5) is 0 Å². The predicted molar refractivity (Wildman–Crippen MR) is 75.0 cm³/mol. The Morgan fingerprint density at radius 2 is 2.32 bits per heavy atom. The van der Waals surface area contributed by atoms with Crippen molar-refractivity contribution in [2.24, 2.45) is 0 Å². The lowest BCUT2D eigenvalue weighted by molar-refractivity contribution is 0.0499. The van der Waals surface area contributed by atoms with Gasteiger partial charge in [-0.25, -0.2) is 9.97 Å². The predicted octanol–water partition coefficient (Wildman–Crippen LogP) is 1.62. The minimum absolute atomic E-state index is 0.150. The molecular formula is C15H14N4O3. The largest absolute Gasteiger partial charge is 0.470 e. The van der Waals surface area contributed by atoms with Crippen molar-refractivity contribution in [2.75, 3.05) is 13.1 Å². The zero-order valence-electron chi connectivity index (χ0n) is 11.8. The highest BCUT2D eigenvalue weighted by molar-refractivity contribution is 5.91. The van der Waals surface area contributed by atoms with E-state index in [0.717, 1.165) is 12.8 Å². The van der Waals surface area contributed by atoms with Gasteiger partial charge in [0.2, 0.25) is 5.69 Å². The number of hydrogen-bond donors (Lipinski definition) is 0. The summed E-state index contributed by atoms with van der Waals surface area (Å²) >= 11 is 0. The molecule has 1 fully saturated rings. The van der Waals surface area contributed by atoms with E-state index >= 15 is 0 Å². The van der Waals surface area contributed by atoms with E-state index in [1.807, 2.05) is 6.07 Å². The number of amides is 1. The zero-order chi connectivity index (χ0) is 15.4. The van der Waals surface area contributed by atoms with E-state index in [4.69, 9.17) is 14.4 Å². The molecule has 7 heteroatoms. The number of ether oxygens (including phenoxy) is 1. The normalized spacial score (nSPS) is 17.8. The van der Waals surface area contributed by atoms with Crippen LogP contribution in [-0.4, -0.2) is 40.0 Å². The maximum atomic E-state index is 12.3. The molecule has 1 amide bonds. The Kier molecular flexibility index (Phi) is 4.01. The summed E-state index contributed by atoms with van der Waals surface area (Å²) in [7, 11) is 0. The summed E-state index contributed by atoms with van der Waals surface area (Å²) in [6, 6.07) is 5.27. The first-order valence-electron chi connectivity index (χ1n) is 6.98. The molecule has 0 saturated carbocycles. The highest BCUT2D eigenvalue weighted by atomic mass is 16.5. The third-order valence-corrected chi connectivity index (χ3v) is 3.45. The number of furan rings is 1. The summed E-state index contributed by atoms with van der Waals surface area (Å²) in [6.07, 6.45) is 5.80. The van der Waals surface area contributed by atoms with Crippen LogP contribution in [-0.2, 0) is 0 Å². The van der Waals surface area contributed by atoms with Crippen LogP contribution in [0.5, 0.6) is 5.88 Å². The summed E-state index contributed by atoms with van der Waals surface area (Å²) in [5, 5.41) is 9.00. The minimum Gasteiger partial charge on any atom is -0.470 e. The van der Waals surface area contributed by atoms with Gasteiger partial charge >= 0.3 is 0 Å². The summed E-state index contributed by atoms with van der Waals surface area (Å²) in [6.45, 7) is 1.09. The van der Waals surface area contributed by atoms with Crippen molar-refractivity contribution in [1.82, 2.24) is 14.9 Å². The van der Waals surface area contributed by atoms with Crippen molar-refractivity contribution in [3.05, 3.63) is 42.2 Å². The molecule has 1 saturated heterocycles. The molecule has 0 aliphatic carbocycles. The highest BCUT2D eigenvalue weighted by Crippen LogP contribution is 2.20. The van der Waals surface area contributed by atoms with Crippen molar-refractivity contribution in [3.8, 4) is 11.9 Å². The molecule has 112 valence electrons. The van der Waals surface area contributed by atoms with E-state index in [2.05, 4.69) is 9.97 Å². The van der Waals surface area contributed by atoms with Gasteiger partial charge in [0.05, 0.1) is 12.8 Å². The van der Waals surface area contributed by atoms with Crippen molar-refractivity contribution >= 4 is 5.91 Å². The summed E-state index contributed by atoms with van der Waals surface area (Å²) < 4.78 is 10.9. The lowest BCUT2D eigenvalue weighted by Gasteiger charge is -2.32. The lowest BCUT2D eigenvalue weighted by atomic mass is 10.1. The molecule has 0 unspecified atom stereocenters. The topological polar surface area (TPSA) is 92.2 Å². The van der Waals surface area contributed by atoms with Gasteiger partial charge in [-0.05, 0) is 25.0 Å². The molecule has 0 radical (unpaired) electrons. The number of carbonyl (C=O) groups is 1. The van der Waals surface area contributed by atoms with Crippen molar-refractivity contribution in [1.29, 1.82) is 5.26 Å². The Balaban J connectivity index is 1.68. The number of nitrogens with zero attached hydrogens (tertiary/aromatic N) is 4. The molecule has 0 aromatic carbocycles. The van der Waals surface area contributed by atoms with E-state index in [1.54, 1.807) is 17.0 Å². The number of likely N-dealkylation sites (tertiary alicyclic amines) is 1. The average molecular weight is 298 g/mol. The monoisotopic (exact) mass is 298 g/mol. The van der Waals surface area contributed by atoms with Gasteiger partial charge in [0, 0.05) is 18.9 Å². The summed E-state index contributed by atoms with van der Waals surface area (Å²) in [5.74, 6) is 0.373.